The van der Waals surface area contributed by atoms with Crippen molar-refractivity contribution in [2.24, 2.45) is 0 Å². The summed E-state index contributed by atoms with van der Waals surface area (Å²) in [5, 5.41) is 3.93. The van der Waals surface area contributed by atoms with E-state index < -0.39 is 0 Å². The fraction of sp³-hybridized carbons (Fsp3) is 0.364. The number of pyridine rings is 1. The molecule has 2 aromatic heterocycles. The molecule has 4 heteroatoms. The number of aromatic nitrogens is 3. The van der Waals surface area contributed by atoms with Crippen LogP contribution >= 0.6 is 0 Å². The van der Waals surface area contributed by atoms with Crippen LogP contribution in [0.3, 0.4) is 0 Å². The van der Waals surface area contributed by atoms with E-state index >= 15 is 0 Å². The smallest absolute Gasteiger partial charge is 0.229 e. The van der Waals surface area contributed by atoms with Gasteiger partial charge >= 0.3 is 0 Å². The van der Waals surface area contributed by atoms with Gasteiger partial charge in [0.05, 0.1) is 0 Å². The van der Waals surface area contributed by atoms with Crippen molar-refractivity contribution in [1.82, 2.24) is 15.1 Å². The van der Waals surface area contributed by atoms with E-state index in [2.05, 4.69) is 15.1 Å². The van der Waals surface area contributed by atoms with Gasteiger partial charge in [0, 0.05) is 23.4 Å². The second-order valence-electron chi connectivity index (χ2n) is 3.80. The molecule has 0 saturated heterocycles. The summed E-state index contributed by atoms with van der Waals surface area (Å²) in [5.41, 5.74) is 1.89. The largest absolute Gasteiger partial charge is 0.339 e. The topological polar surface area (TPSA) is 51.8 Å². The Labute approximate surface area is 88.4 Å². The maximum Gasteiger partial charge on any atom is 0.229 e. The van der Waals surface area contributed by atoms with E-state index in [1.807, 2.05) is 32.9 Å². The quantitative estimate of drug-likeness (QED) is 0.752. The maximum atomic E-state index is 5.14. The number of aryl methyl sites for hydroxylation is 1. The highest BCUT2D eigenvalue weighted by molar-refractivity contribution is 5.53. The van der Waals surface area contributed by atoms with Crippen LogP contribution < -0.4 is 0 Å². The maximum absolute atomic E-state index is 5.14. The second kappa shape index (κ2) is 3.81. The molecule has 0 radical (unpaired) electrons. The first kappa shape index (κ1) is 9.83. The zero-order valence-electron chi connectivity index (χ0n) is 9.06. The Bertz CT molecular complexity index is 462. The molecule has 0 unspecified atom stereocenters. The molecule has 0 bridgehead atoms. The van der Waals surface area contributed by atoms with Gasteiger partial charge in [-0.3, -0.25) is 4.98 Å². The van der Waals surface area contributed by atoms with Gasteiger partial charge in [-0.15, -0.1) is 0 Å². The molecule has 15 heavy (non-hydrogen) atoms. The highest BCUT2D eigenvalue weighted by atomic mass is 16.5. The van der Waals surface area contributed by atoms with E-state index in [0.29, 0.717) is 11.7 Å². The third kappa shape index (κ3) is 2.03. The van der Waals surface area contributed by atoms with Crippen LogP contribution in [0.15, 0.2) is 22.9 Å². The van der Waals surface area contributed by atoms with Gasteiger partial charge in [-0.25, -0.2) is 0 Å². The van der Waals surface area contributed by atoms with Gasteiger partial charge in [-0.05, 0) is 19.1 Å². The minimum atomic E-state index is 0.259. The summed E-state index contributed by atoms with van der Waals surface area (Å²) < 4.78 is 5.14. The summed E-state index contributed by atoms with van der Waals surface area (Å²) in [5.74, 6) is 1.55. The van der Waals surface area contributed by atoms with Crippen molar-refractivity contribution in [3.05, 3.63) is 29.9 Å². The molecule has 0 N–H and O–H groups in total. The van der Waals surface area contributed by atoms with Gasteiger partial charge in [0.25, 0.3) is 0 Å². The highest BCUT2D eigenvalue weighted by Gasteiger charge is 2.11. The van der Waals surface area contributed by atoms with Gasteiger partial charge < -0.3 is 4.52 Å². The molecule has 2 aromatic rings. The lowest BCUT2D eigenvalue weighted by Gasteiger charge is -1.95. The standard InChI is InChI=1S/C11H13N3O/c1-7(2)11-13-10(14-15-11)9-4-5-12-8(3)6-9/h4-7H,1-3H3. The molecule has 0 aliphatic rings. The Morgan fingerprint density at radius 1 is 1.33 bits per heavy atom. The number of rotatable bonds is 2. The van der Waals surface area contributed by atoms with Crippen LogP contribution in [-0.4, -0.2) is 15.1 Å². The van der Waals surface area contributed by atoms with Crippen molar-refractivity contribution < 1.29 is 4.52 Å². The minimum absolute atomic E-state index is 0.259. The first-order valence-electron chi connectivity index (χ1n) is 4.93. The molecule has 0 fully saturated rings. The van der Waals surface area contributed by atoms with E-state index in [-0.39, 0.29) is 5.92 Å². The lowest BCUT2D eigenvalue weighted by molar-refractivity contribution is 0.365. The Balaban J connectivity index is 2.37. The van der Waals surface area contributed by atoms with Gasteiger partial charge in [0.2, 0.25) is 11.7 Å². The van der Waals surface area contributed by atoms with E-state index in [9.17, 15) is 0 Å². The van der Waals surface area contributed by atoms with Gasteiger partial charge in [0.15, 0.2) is 0 Å². The van der Waals surface area contributed by atoms with Crippen LogP contribution in [0.2, 0.25) is 0 Å². The number of hydrogen-bond donors (Lipinski definition) is 0. The second-order valence-corrected chi connectivity index (χ2v) is 3.80. The van der Waals surface area contributed by atoms with Gasteiger partial charge in [-0.1, -0.05) is 19.0 Å². The van der Waals surface area contributed by atoms with E-state index in [1.54, 1.807) is 6.20 Å². The molecule has 2 heterocycles. The Morgan fingerprint density at radius 2 is 2.13 bits per heavy atom. The van der Waals surface area contributed by atoms with Crippen LogP contribution in [0.4, 0.5) is 0 Å². The van der Waals surface area contributed by atoms with Gasteiger partial charge in [0.1, 0.15) is 0 Å². The summed E-state index contributed by atoms with van der Waals surface area (Å²) in [6.45, 7) is 5.98. The molecular formula is C11H13N3O. The summed E-state index contributed by atoms with van der Waals surface area (Å²) in [4.78, 5) is 8.44. The zero-order chi connectivity index (χ0) is 10.8. The fourth-order valence-corrected chi connectivity index (χ4v) is 1.27. The van der Waals surface area contributed by atoms with E-state index in [1.165, 1.54) is 0 Å². The Hall–Kier alpha value is -1.71. The molecular weight excluding hydrogens is 190 g/mol. The van der Waals surface area contributed by atoms with Crippen molar-refractivity contribution in [1.29, 1.82) is 0 Å². The van der Waals surface area contributed by atoms with Crippen molar-refractivity contribution in [3.8, 4) is 11.4 Å². The van der Waals surface area contributed by atoms with Crippen molar-refractivity contribution in [3.63, 3.8) is 0 Å². The molecule has 0 aliphatic carbocycles. The van der Waals surface area contributed by atoms with E-state index in [0.717, 1.165) is 11.3 Å². The first-order chi connectivity index (χ1) is 7.16. The normalized spacial score (nSPS) is 10.9. The Kier molecular flexibility index (Phi) is 2.49. The van der Waals surface area contributed by atoms with Crippen LogP contribution in [0.1, 0.15) is 31.4 Å². The first-order valence-corrected chi connectivity index (χ1v) is 4.93. The molecule has 0 aliphatic heterocycles. The van der Waals surface area contributed by atoms with Crippen molar-refractivity contribution in [2.75, 3.05) is 0 Å². The van der Waals surface area contributed by atoms with Crippen LogP contribution in [0.25, 0.3) is 11.4 Å². The lowest BCUT2D eigenvalue weighted by atomic mass is 10.2. The highest BCUT2D eigenvalue weighted by Crippen LogP contribution is 2.19. The average Bonchev–Trinajstić information content (AvgIpc) is 2.66. The third-order valence-electron chi connectivity index (χ3n) is 2.09. The molecule has 0 saturated carbocycles. The number of hydrogen-bond acceptors (Lipinski definition) is 4. The van der Waals surface area contributed by atoms with Crippen molar-refractivity contribution in [2.45, 2.75) is 26.7 Å². The van der Waals surface area contributed by atoms with Crippen LogP contribution in [0, 0.1) is 6.92 Å². The third-order valence-corrected chi connectivity index (χ3v) is 2.09. The summed E-state index contributed by atoms with van der Waals surface area (Å²) in [7, 11) is 0. The molecule has 78 valence electrons. The average molecular weight is 203 g/mol. The molecule has 2 rings (SSSR count). The molecule has 0 atom stereocenters. The Morgan fingerprint density at radius 3 is 2.73 bits per heavy atom. The molecule has 0 amide bonds. The predicted octanol–water partition coefficient (Wildman–Crippen LogP) is 2.56. The summed E-state index contributed by atoms with van der Waals surface area (Å²) >= 11 is 0. The summed E-state index contributed by atoms with van der Waals surface area (Å²) in [6, 6.07) is 3.82. The van der Waals surface area contributed by atoms with Crippen LogP contribution in [-0.2, 0) is 0 Å². The number of nitrogens with zero attached hydrogens (tertiary/aromatic N) is 3. The zero-order valence-corrected chi connectivity index (χ0v) is 9.06. The molecule has 4 nitrogen and oxygen atoms in total. The fourth-order valence-electron chi connectivity index (χ4n) is 1.27. The predicted molar refractivity (Wildman–Crippen MR) is 56.4 cm³/mol. The molecule has 0 aromatic carbocycles. The van der Waals surface area contributed by atoms with Gasteiger partial charge in [-0.2, -0.15) is 4.98 Å². The summed E-state index contributed by atoms with van der Waals surface area (Å²) in [6.07, 6.45) is 1.75. The minimum Gasteiger partial charge on any atom is -0.339 e. The van der Waals surface area contributed by atoms with Crippen LogP contribution in [0.5, 0.6) is 0 Å². The lowest BCUT2D eigenvalue weighted by Crippen LogP contribution is -1.88. The molecule has 0 spiro atoms. The van der Waals surface area contributed by atoms with Crippen molar-refractivity contribution >= 4 is 0 Å². The monoisotopic (exact) mass is 203 g/mol. The SMILES string of the molecule is Cc1cc(-c2noc(C(C)C)n2)ccn1. The van der Waals surface area contributed by atoms with E-state index in [4.69, 9.17) is 4.52 Å².